The third kappa shape index (κ3) is 2.96. The minimum absolute atomic E-state index is 0.660. The van der Waals surface area contributed by atoms with Crippen molar-refractivity contribution in [1.29, 1.82) is 0 Å². The van der Waals surface area contributed by atoms with E-state index in [4.69, 9.17) is 0 Å². The van der Waals surface area contributed by atoms with Gasteiger partial charge in [-0.25, -0.2) is 4.73 Å². The van der Waals surface area contributed by atoms with Gasteiger partial charge in [-0.2, -0.15) is 0 Å². The van der Waals surface area contributed by atoms with Gasteiger partial charge in [-0.15, -0.1) is 0 Å². The molecule has 1 aromatic carbocycles. The molecular weight excluding hydrogens is 244 g/mol. The Kier molecular flexibility index (Phi) is 4.10. The second-order valence-corrected chi connectivity index (χ2v) is 5.18. The third-order valence-electron chi connectivity index (χ3n) is 2.58. The standard InChI is InChI=1S/C14H16N2OS/c1-15(2)13-9-6-10-14(16(13)17)18-11-12-7-4-3-5-8-12/h3-10H,11H2,1-2H3. The number of nitrogens with zero attached hydrogens (tertiary/aromatic N) is 2. The van der Waals surface area contributed by atoms with Crippen molar-refractivity contribution in [1.82, 2.24) is 0 Å². The van der Waals surface area contributed by atoms with Gasteiger partial charge in [0.1, 0.15) is 0 Å². The van der Waals surface area contributed by atoms with Gasteiger partial charge in [-0.05, 0) is 17.7 Å². The Morgan fingerprint density at radius 3 is 2.44 bits per heavy atom. The average molecular weight is 260 g/mol. The van der Waals surface area contributed by atoms with Crippen LogP contribution >= 0.6 is 11.8 Å². The monoisotopic (exact) mass is 260 g/mol. The molecule has 1 aromatic heterocycles. The third-order valence-corrected chi connectivity index (χ3v) is 3.66. The van der Waals surface area contributed by atoms with Crippen LogP contribution < -0.4 is 9.63 Å². The van der Waals surface area contributed by atoms with E-state index in [1.807, 2.05) is 55.4 Å². The second kappa shape index (κ2) is 5.78. The van der Waals surface area contributed by atoms with Gasteiger partial charge in [-0.3, -0.25) is 4.90 Å². The predicted molar refractivity (Wildman–Crippen MR) is 75.7 cm³/mol. The lowest BCUT2D eigenvalue weighted by atomic mass is 10.2. The quantitative estimate of drug-likeness (QED) is 0.481. The lowest BCUT2D eigenvalue weighted by Gasteiger charge is -2.16. The molecule has 94 valence electrons. The Morgan fingerprint density at radius 1 is 1.06 bits per heavy atom. The van der Waals surface area contributed by atoms with Gasteiger partial charge in [0.2, 0.25) is 0 Å². The van der Waals surface area contributed by atoms with Crippen LogP contribution in [0.4, 0.5) is 5.82 Å². The Morgan fingerprint density at radius 2 is 1.78 bits per heavy atom. The Balaban J connectivity index is 2.13. The molecular formula is C14H16N2OS. The minimum atomic E-state index is 0.660. The summed E-state index contributed by atoms with van der Waals surface area (Å²) in [7, 11) is 3.74. The summed E-state index contributed by atoms with van der Waals surface area (Å²) in [6, 6.07) is 15.7. The first kappa shape index (κ1) is 12.8. The molecule has 0 aliphatic heterocycles. The normalized spacial score (nSPS) is 10.3. The van der Waals surface area contributed by atoms with Crippen LogP contribution in [0.2, 0.25) is 0 Å². The molecule has 0 unspecified atom stereocenters. The maximum Gasteiger partial charge on any atom is 0.280 e. The van der Waals surface area contributed by atoms with E-state index in [9.17, 15) is 5.21 Å². The van der Waals surface area contributed by atoms with Gasteiger partial charge in [0.05, 0.1) is 14.1 Å². The number of rotatable bonds is 4. The summed E-state index contributed by atoms with van der Waals surface area (Å²) in [5.41, 5.74) is 1.22. The number of hydrogen-bond acceptors (Lipinski definition) is 3. The van der Waals surface area contributed by atoms with Crippen LogP contribution in [0.3, 0.4) is 0 Å². The molecule has 0 saturated carbocycles. The fourth-order valence-corrected chi connectivity index (χ4v) is 2.53. The average Bonchev–Trinajstić information content (AvgIpc) is 2.38. The van der Waals surface area contributed by atoms with Gasteiger partial charge in [0.25, 0.3) is 5.82 Å². The first-order valence-corrected chi connectivity index (χ1v) is 6.73. The van der Waals surface area contributed by atoms with Gasteiger partial charge in [0, 0.05) is 11.8 Å². The maximum atomic E-state index is 12.1. The molecule has 3 nitrogen and oxygen atoms in total. The van der Waals surface area contributed by atoms with E-state index in [0.29, 0.717) is 5.82 Å². The molecule has 1 heterocycles. The lowest BCUT2D eigenvalue weighted by molar-refractivity contribution is -0.632. The van der Waals surface area contributed by atoms with E-state index in [2.05, 4.69) is 12.1 Å². The zero-order valence-corrected chi connectivity index (χ0v) is 11.4. The highest BCUT2D eigenvalue weighted by molar-refractivity contribution is 7.98. The first-order valence-electron chi connectivity index (χ1n) is 5.75. The molecule has 0 fully saturated rings. The molecule has 2 rings (SSSR count). The molecule has 0 radical (unpaired) electrons. The predicted octanol–water partition coefficient (Wildman–Crippen LogP) is 2.68. The highest BCUT2D eigenvalue weighted by Gasteiger charge is 2.10. The molecule has 0 amide bonds. The van der Waals surface area contributed by atoms with Crippen LogP contribution in [0.5, 0.6) is 0 Å². The summed E-state index contributed by atoms with van der Waals surface area (Å²) in [6.45, 7) is 0. The number of aromatic nitrogens is 1. The van der Waals surface area contributed by atoms with Crippen LogP contribution in [0, 0.1) is 5.21 Å². The molecule has 0 atom stereocenters. The van der Waals surface area contributed by atoms with Crippen molar-refractivity contribution in [3.8, 4) is 0 Å². The van der Waals surface area contributed by atoms with Crippen LogP contribution in [0.25, 0.3) is 0 Å². The highest BCUT2D eigenvalue weighted by Crippen LogP contribution is 2.21. The van der Waals surface area contributed by atoms with Gasteiger partial charge in [0.15, 0.2) is 5.03 Å². The minimum Gasteiger partial charge on any atom is -0.710 e. The molecule has 2 aromatic rings. The van der Waals surface area contributed by atoms with Crippen molar-refractivity contribution in [2.24, 2.45) is 0 Å². The van der Waals surface area contributed by atoms with Crippen molar-refractivity contribution >= 4 is 17.6 Å². The molecule has 0 bridgehead atoms. The molecule has 0 aliphatic carbocycles. The fourth-order valence-electron chi connectivity index (χ4n) is 1.63. The number of thioether (sulfide) groups is 1. The lowest BCUT2D eigenvalue weighted by Crippen LogP contribution is -2.36. The fraction of sp³-hybridized carbons (Fsp3) is 0.214. The summed E-state index contributed by atoms with van der Waals surface area (Å²) >= 11 is 1.56. The molecule has 0 spiro atoms. The number of benzene rings is 1. The zero-order valence-electron chi connectivity index (χ0n) is 10.5. The van der Waals surface area contributed by atoms with Crippen molar-refractivity contribution < 1.29 is 4.73 Å². The highest BCUT2D eigenvalue weighted by atomic mass is 32.2. The van der Waals surface area contributed by atoms with Gasteiger partial charge >= 0.3 is 0 Å². The largest absolute Gasteiger partial charge is 0.710 e. The Bertz CT molecular complexity index is 514. The first-order chi connectivity index (χ1) is 8.68. The van der Waals surface area contributed by atoms with E-state index in [1.165, 1.54) is 5.56 Å². The van der Waals surface area contributed by atoms with Crippen molar-refractivity contribution in [2.75, 3.05) is 19.0 Å². The van der Waals surface area contributed by atoms with Gasteiger partial charge < -0.3 is 5.21 Å². The SMILES string of the molecule is CN(C)c1cccc(SCc2ccccc2)[n+]1[O-]. The summed E-state index contributed by atoms with van der Waals surface area (Å²) in [5.74, 6) is 1.47. The summed E-state index contributed by atoms with van der Waals surface area (Å²) in [5, 5.41) is 12.8. The zero-order chi connectivity index (χ0) is 13.0. The number of anilines is 1. The summed E-state index contributed by atoms with van der Waals surface area (Å²) in [4.78, 5) is 1.82. The molecule has 4 heteroatoms. The molecule has 0 N–H and O–H groups in total. The van der Waals surface area contributed by atoms with E-state index >= 15 is 0 Å². The Labute approximate surface area is 112 Å². The Hall–Kier alpha value is -1.68. The van der Waals surface area contributed by atoms with Crippen LogP contribution in [0.1, 0.15) is 5.56 Å². The van der Waals surface area contributed by atoms with Crippen molar-refractivity contribution in [2.45, 2.75) is 10.8 Å². The van der Waals surface area contributed by atoms with Gasteiger partial charge in [-0.1, -0.05) is 42.1 Å². The molecule has 18 heavy (non-hydrogen) atoms. The van der Waals surface area contributed by atoms with Crippen LogP contribution in [-0.4, -0.2) is 14.1 Å². The number of hydrogen-bond donors (Lipinski definition) is 0. The van der Waals surface area contributed by atoms with Crippen LogP contribution in [-0.2, 0) is 5.75 Å². The number of pyridine rings is 1. The summed E-state index contributed by atoms with van der Waals surface area (Å²) < 4.78 is 0.980. The molecule has 0 saturated heterocycles. The van der Waals surface area contributed by atoms with E-state index in [-0.39, 0.29) is 0 Å². The van der Waals surface area contributed by atoms with Crippen molar-refractivity contribution in [3.63, 3.8) is 0 Å². The maximum absolute atomic E-state index is 12.1. The topological polar surface area (TPSA) is 30.2 Å². The second-order valence-electron chi connectivity index (χ2n) is 4.19. The van der Waals surface area contributed by atoms with Crippen molar-refractivity contribution in [3.05, 3.63) is 59.3 Å². The molecule has 0 aliphatic rings. The van der Waals surface area contributed by atoms with E-state index in [0.717, 1.165) is 15.5 Å². The smallest absolute Gasteiger partial charge is 0.280 e. The van der Waals surface area contributed by atoms with E-state index < -0.39 is 0 Å². The van der Waals surface area contributed by atoms with Crippen LogP contribution in [0.15, 0.2) is 53.6 Å². The van der Waals surface area contributed by atoms with E-state index in [1.54, 1.807) is 11.8 Å². The summed E-state index contributed by atoms with van der Waals surface area (Å²) in [6.07, 6.45) is 0.